The number of H-pyrrole nitrogens is 1. The van der Waals surface area contributed by atoms with E-state index in [2.05, 4.69) is 15.5 Å². The summed E-state index contributed by atoms with van der Waals surface area (Å²) in [4.78, 5) is 12.8. The lowest BCUT2D eigenvalue weighted by atomic mass is 10.1. The summed E-state index contributed by atoms with van der Waals surface area (Å²) in [5.41, 5.74) is 2.35. The van der Waals surface area contributed by atoms with Crippen LogP contribution < -0.4 is 10.1 Å². The molecule has 1 aliphatic rings. The smallest absolute Gasteiger partial charge is 0.269 e. The number of nitrogens with zero attached hydrogens (tertiary/aromatic N) is 2. The fraction of sp³-hybridized carbons (Fsp3) is 0.333. The number of ether oxygens (including phenoxy) is 1. The lowest BCUT2D eigenvalue weighted by molar-refractivity contribution is 0.0935. The van der Waals surface area contributed by atoms with Crippen molar-refractivity contribution in [2.75, 3.05) is 20.2 Å². The normalized spacial score (nSPS) is 15.7. The Bertz CT molecular complexity index is 1220. The molecule has 0 radical (unpaired) electrons. The number of hydrogen-bond donors (Lipinski definition) is 2. The molecule has 0 saturated carbocycles. The van der Waals surface area contributed by atoms with E-state index in [4.69, 9.17) is 4.74 Å². The van der Waals surface area contributed by atoms with Gasteiger partial charge >= 0.3 is 0 Å². The quantitative estimate of drug-likeness (QED) is 0.550. The average molecular weight is 469 g/mol. The molecule has 1 saturated heterocycles. The maximum absolute atomic E-state index is 13.3. The SMILES string of the molecule is COc1ccc(-c2cc(C(=O)NC(C)c3ccccc3)[nH]n2)cc1S(=O)(=O)N1CCCCC1. The van der Waals surface area contributed by atoms with Crippen molar-refractivity contribution >= 4 is 15.9 Å². The molecule has 2 aromatic carbocycles. The van der Waals surface area contributed by atoms with Crippen molar-refractivity contribution < 1.29 is 17.9 Å². The molecule has 1 unspecified atom stereocenters. The minimum Gasteiger partial charge on any atom is -0.495 e. The number of hydrogen-bond acceptors (Lipinski definition) is 5. The Morgan fingerprint density at radius 1 is 1.09 bits per heavy atom. The summed E-state index contributed by atoms with van der Waals surface area (Å²) in [5, 5.41) is 9.94. The van der Waals surface area contributed by atoms with Gasteiger partial charge in [-0.2, -0.15) is 9.40 Å². The summed E-state index contributed by atoms with van der Waals surface area (Å²) >= 11 is 0. The molecule has 2 N–H and O–H groups in total. The highest BCUT2D eigenvalue weighted by atomic mass is 32.2. The Morgan fingerprint density at radius 3 is 2.52 bits per heavy atom. The number of carbonyl (C=O) groups excluding carboxylic acids is 1. The zero-order chi connectivity index (χ0) is 23.4. The highest BCUT2D eigenvalue weighted by Crippen LogP contribution is 2.32. The second-order valence-corrected chi connectivity index (χ2v) is 10.0. The van der Waals surface area contributed by atoms with Crippen LogP contribution >= 0.6 is 0 Å². The van der Waals surface area contributed by atoms with E-state index < -0.39 is 10.0 Å². The zero-order valence-corrected chi connectivity index (χ0v) is 19.6. The molecule has 9 heteroatoms. The molecule has 2 heterocycles. The summed E-state index contributed by atoms with van der Waals surface area (Å²) in [6.07, 6.45) is 2.73. The summed E-state index contributed by atoms with van der Waals surface area (Å²) in [5.74, 6) is -0.00529. The molecular formula is C24H28N4O4S. The molecule has 0 aliphatic carbocycles. The molecule has 4 rings (SSSR count). The van der Waals surface area contributed by atoms with Gasteiger partial charge in [0.1, 0.15) is 16.3 Å². The highest BCUT2D eigenvalue weighted by Gasteiger charge is 2.29. The molecule has 1 fully saturated rings. The third-order valence-corrected chi connectivity index (χ3v) is 7.78. The molecule has 1 aromatic heterocycles. The minimum atomic E-state index is -3.70. The number of aromatic amines is 1. The van der Waals surface area contributed by atoms with Crippen LogP contribution in [0, 0.1) is 0 Å². The number of aromatic nitrogens is 2. The van der Waals surface area contributed by atoms with Crippen LogP contribution in [-0.4, -0.2) is 49.0 Å². The van der Waals surface area contributed by atoms with Crippen molar-refractivity contribution in [2.24, 2.45) is 0 Å². The molecule has 8 nitrogen and oxygen atoms in total. The van der Waals surface area contributed by atoms with Crippen molar-refractivity contribution in [1.29, 1.82) is 0 Å². The molecular weight excluding hydrogens is 440 g/mol. The number of rotatable bonds is 7. The third kappa shape index (κ3) is 4.94. The van der Waals surface area contributed by atoms with E-state index in [0.717, 1.165) is 24.8 Å². The molecule has 33 heavy (non-hydrogen) atoms. The summed E-state index contributed by atoms with van der Waals surface area (Å²) in [6.45, 7) is 2.91. The number of carbonyl (C=O) groups is 1. The number of benzene rings is 2. The van der Waals surface area contributed by atoms with E-state index in [-0.39, 0.29) is 22.6 Å². The fourth-order valence-corrected chi connectivity index (χ4v) is 5.67. The monoisotopic (exact) mass is 468 g/mol. The number of nitrogens with one attached hydrogen (secondary N) is 2. The van der Waals surface area contributed by atoms with Gasteiger partial charge in [0.2, 0.25) is 10.0 Å². The van der Waals surface area contributed by atoms with E-state index in [1.54, 1.807) is 24.3 Å². The van der Waals surface area contributed by atoms with Gasteiger partial charge in [-0.25, -0.2) is 8.42 Å². The molecule has 1 atom stereocenters. The summed E-state index contributed by atoms with van der Waals surface area (Å²) < 4.78 is 33.4. The molecule has 1 amide bonds. The predicted octanol–water partition coefficient (Wildman–Crippen LogP) is 3.75. The summed E-state index contributed by atoms with van der Waals surface area (Å²) in [7, 11) is -2.25. The van der Waals surface area contributed by atoms with Gasteiger partial charge in [0.25, 0.3) is 5.91 Å². The molecule has 1 aliphatic heterocycles. The lowest BCUT2D eigenvalue weighted by Gasteiger charge is -2.26. The predicted molar refractivity (Wildman–Crippen MR) is 126 cm³/mol. The minimum absolute atomic E-state index is 0.108. The first kappa shape index (κ1) is 23.0. The van der Waals surface area contributed by atoms with Gasteiger partial charge < -0.3 is 10.1 Å². The van der Waals surface area contributed by atoms with Gasteiger partial charge in [-0.15, -0.1) is 0 Å². The second kappa shape index (κ2) is 9.76. The largest absolute Gasteiger partial charge is 0.495 e. The number of sulfonamides is 1. The van der Waals surface area contributed by atoms with Gasteiger partial charge in [-0.05, 0) is 49.6 Å². The maximum Gasteiger partial charge on any atom is 0.269 e. The van der Waals surface area contributed by atoms with Crippen molar-refractivity contribution in [3.63, 3.8) is 0 Å². The Hall–Kier alpha value is -3.17. The Labute approximate surface area is 194 Å². The number of methoxy groups -OCH3 is 1. The molecule has 0 spiro atoms. The van der Waals surface area contributed by atoms with Crippen LogP contribution in [0.5, 0.6) is 5.75 Å². The van der Waals surface area contributed by atoms with Gasteiger partial charge in [0.05, 0.1) is 18.8 Å². The van der Waals surface area contributed by atoms with Crippen LogP contribution in [0.1, 0.15) is 48.3 Å². The van der Waals surface area contributed by atoms with Crippen LogP contribution in [-0.2, 0) is 10.0 Å². The van der Waals surface area contributed by atoms with E-state index in [1.807, 2.05) is 37.3 Å². The van der Waals surface area contributed by atoms with Gasteiger partial charge in [-0.3, -0.25) is 9.89 Å². The first-order chi connectivity index (χ1) is 15.9. The van der Waals surface area contributed by atoms with E-state index in [9.17, 15) is 13.2 Å². The average Bonchev–Trinajstić information content (AvgIpc) is 3.35. The van der Waals surface area contributed by atoms with Crippen LogP contribution in [0.25, 0.3) is 11.3 Å². The zero-order valence-electron chi connectivity index (χ0n) is 18.7. The molecule has 174 valence electrons. The number of amides is 1. The topological polar surface area (TPSA) is 104 Å². The fourth-order valence-electron chi connectivity index (χ4n) is 3.97. The first-order valence-electron chi connectivity index (χ1n) is 11.0. The van der Waals surface area contributed by atoms with Crippen molar-refractivity contribution in [1.82, 2.24) is 19.8 Å². The Balaban J connectivity index is 1.58. The molecule has 0 bridgehead atoms. The van der Waals surface area contributed by atoms with Crippen molar-refractivity contribution in [2.45, 2.75) is 37.1 Å². The maximum atomic E-state index is 13.3. The third-order valence-electron chi connectivity index (χ3n) is 5.86. The number of piperidine rings is 1. The Kier molecular flexibility index (Phi) is 6.80. The summed E-state index contributed by atoms with van der Waals surface area (Å²) in [6, 6.07) is 16.0. The van der Waals surface area contributed by atoms with Gasteiger partial charge in [0, 0.05) is 18.7 Å². The lowest BCUT2D eigenvalue weighted by Crippen LogP contribution is -2.35. The second-order valence-electron chi connectivity index (χ2n) is 8.10. The Morgan fingerprint density at radius 2 is 1.82 bits per heavy atom. The van der Waals surface area contributed by atoms with E-state index in [0.29, 0.717) is 30.0 Å². The van der Waals surface area contributed by atoms with Crippen LogP contribution in [0.2, 0.25) is 0 Å². The van der Waals surface area contributed by atoms with E-state index >= 15 is 0 Å². The van der Waals surface area contributed by atoms with Gasteiger partial charge in [-0.1, -0.05) is 36.8 Å². The van der Waals surface area contributed by atoms with Crippen molar-refractivity contribution in [3.8, 4) is 17.0 Å². The van der Waals surface area contributed by atoms with Crippen LogP contribution in [0.15, 0.2) is 59.5 Å². The standard InChI is InChI=1S/C24H28N4O4S/c1-17(18-9-5-3-6-10-18)25-24(29)21-16-20(26-27-21)19-11-12-22(32-2)23(15-19)33(30,31)28-13-7-4-8-14-28/h3,5-6,9-12,15-17H,4,7-8,13-14H2,1-2H3,(H,25,29)(H,26,27). The molecule has 3 aromatic rings. The van der Waals surface area contributed by atoms with Gasteiger partial charge in [0.15, 0.2) is 0 Å². The highest BCUT2D eigenvalue weighted by molar-refractivity contribution is 7.89. The van der Waals surface area contributed by atoms with Crippen LogP contribution in [0.3, 0.4) is 0 Å². The van der Waals surface area contributed by atoms with Crippen LogP contribution in [0.4, 0.5) is 0 Å². The first-order valence-corrected chi connectivity index (χ1v) is 12.4. The van der Waals surface area contributed by atoms with Crippen molar-refractivity contribution in [3.05, 3.63) is 65.9 Å². The van der Waals surface area contributed by atoms with E-state index in [1.165, 1.54) is 11.4 Å².